The van der Waals surface area contributed by atoms with Crippen LogP contribution in [0.5, 0.6) is 0 Å². The molecule has 0 spiro atoms. The first-order valence-corrected chi connectivity index (χ1v) is 6.38. The highest BCUT2D eigenvalue weighted by Gasteiger charge is 2.26. The molecule has 1 fully saturated rings. The predicted octanol–water partition coefficient (Wildman–Crippen LogP) is 0.366. The summed E-state index contributed by atoms with van der Waals surface area (Å²) in [5, 5.41) is 8.08. The summed E-state index contributed by atoms with van der Waals surface area (Å²) >= 11 is 0. The molecule has 1 saturated heterocycles. The lowest BCUT2D eigenvalue weighted by molar-refractivity contribution is 0.0795. The molecule has 3 rings (SSSR count). The van der Waals surface area contributed by atoms with E-state index in [1.165, 1.54) is 0 Å². The number of fused-ring (bicyclic) bond motifs is 1. The van der Waals surface area contributed by atoms with Gasteiger partial charge in [0.05, 0.1) is 19.3 Å². The van der Waals surface area contributed by atoms with Crippen LogP contribution in [0.3, 0.4) is 0 Å². The summed E-state index contributed by atoms with van der Waals surface area (Å²) in [5.74, 6) is 0.865. The molecule has 7 nitrogen and oxygen atoms in total. The lowest BCUT2D eigenvalue weighted by Crippen LogP contribution is -2.46. The fraction of sp³-hybridized carbons (Fsp3) is 0.583. The number of aromatic nitrogens is 4. The fourth-order valence-corrected chi connectivity index (χ4v) is 2.37. The SMILES string of the molecule is COCC[C@H]1COCCN1c1nccn2cnnc12. The smallest absolute Gasteiger partial charge is 0.203 e. The first kappa shape index (κ1) is 12.3. The Balaban J connectivity index is 1.91. The van der Waals surface area contributed by atoms with Gasteiger partial charge in [0.25, 0.3) is 0 Å². The van der Waals surface area contributed by atoms with Crippen LogP contribution in [0.2, 0.25) is 0 Å². The highest BCUT2D eigenvalue weighted by Crippen LogP contribution is 2.22. The highest BCUT2D eigenvalue weighted by atomic mass is 16.5. The molecule has 19 heavy (non-hydrogen) atoms. The minimum atomic E-state index is 0.268. The minimum absolute atomic E-state index is 0.268. The van der Waals surface area contributed by atoms with Gasteiger partial charge >= 0.3 is 0 Å². The molecular formula is C12H17N5O2. The quantitative estimate of drug-likeness (QED) is 0.794. The third-order valence-electron chi connectivity index (χ3n) is 3.35. The van der Waals surface area contributed by atoms with Crippen molar-refractivity contribution in [2.45, 2.75) is 12.5 Å². The zero-order valence-corrected chi connectivity index (χ0v) is 10.9. The predicted molar refractivity (Wildman–Crippen MR) is 69.2 cm³/mol. The third-order valence-corrected chi connectivity index (χ3v) is 3.35. The van der Waals surface area contributed by atoms with Crippen molar-refractivity contribution in [3.63, 3.8) is 0 Å². The Kier molecular flexibility index (Phi) is 3.56. The van der Waals surface area contributed by atoms with Crippen molar-refractivity contribution < 1.29 is 9.47 Å². The number of hydrogen-bond donors (Lipinski definition) is 0. The minimum Gasteiger partial charge on any atom is -0.385 e. The van der Waals surface area contributed by atoms with Crippen molar-refractivity contribution in [3.8, 4) is 0 Å². The molecule has 2 aromatic heterocycles. The average molecular weight is 263 g/mol. The van der Waals surface area contributed by atoms with E-state index in [2.05, 4.69) is 20.1 Å². The summed E-state index contributed by atoms with van der Waals surface area (Å²) < 4.78 is 12.6. The second kappa shape index (κ2) is 5.50. The van der Waals surface area contributed by atoms with Crippen LogP contribution in [0.1, 0.15) is 6.42 Å². The van der Waals surface area contributed by atoms with Crippen molar-refractivity contribution in [1.29, 1.82) is 0 Å². The zero-order chi connectivity index (χ0) is 13.1. The molecule has 0 aromatic carbocycles. The Morgan fingerprint density at radius 2 is 2.47 bits per heavy atom. The van der Waals surface area contributed by atoms with E-state index in [1.54, 1.807) is 19.6 Å². The molecule has 0 aliphatic carbocycles. The van der Waals surface area contributed by atoms with Crippen LogP contribution in [0.15, 0.2) is 18.7 Å². The number of rotatable bonds is 4. The topological polar surface area (TPSA) is 64.8 Å². The van der Waals surface area contributed by atoms with Gasteiger partial charge in [-0.25, -0.2) is 4.98 Å². The largest absolute Gasteiger partial charge is 0.385 e. The summed E-state index contributed by atoms with van der Waals surface area (Å²) in [6.07, 6.45) is 6.22. The Morgan fingerprint density at radius 1 is 1.53 bits per heavy atom. The second-order valence-corrected chi connectivity index (χ2v) is 4.52. The van der Waals surface area contributed by atoms with Gasteiger partial charge in [-0.05, 0) is 6.42 Å². The monoisotopic (exact) mass is 263 g/mol. The Bertz CT molecular complexity index is 544. The van der Waals surface area contributed by atoms with Crippen LogP contribution in [0.4, 0.5) is 5.82 Å². The standard InChI is InChI=1S/C12H17N5O2/c1-18-6-2-10-8-19-7-5-17(10)11-12-15-14-9-16(12)4-3-13-11/h3-4,9-10H,2,5-8H2,1H3/t10-/m0/s1. The van der Waals surface area contributed by atoms with E-state index in [1.807, 2.05) is 10.6 Å². The van der Waals surface area contributed by atoms with Crippen molar-refractivity contribution in [3.05, 3.63) is 18.7 Å². The van der Waals surface area contributed by atoms with Crippen LogP contribution >= 0.6 is 0 Å². The summed E-state index contributed by atoms with van der Waals surface area (Å²) in [5.41, 5.74) is 0.784. The van der Waals surface area contributed by atoms with Crippen LogP contribution in [0.25, 0.3) is 5.65 Å². The molecule has 1 aliphatic rings. The average Bonchev–Trinajstić information content (AvgIpc) is 2.94. The Labute approximate surface area is 111 Å². The van der Waals surface area contributed by atoms with Crippen molar-refractivity contribution >= 4 is 11.5 Å². The van der Waals surface area contributed by atoms with E-state index in [4.69, 9.17) is 9.47 Å². The van der Waals surface area contributed by atoms with Crippen LogP contribution < -0.4 is 4.90 Å². The first-order chi connectivity index (χ1) is 9.40. The number of anilines is 1. The van der Waals surface area contributed by atoms with Crippen molar-refractivity contribution in [2.24, 2.45) is 0 Å². The summed E-state index contributed by atoms with van der Waals surface area (Å²) in [4.78, 5) is 6.71. The van der Waals surface area contributed by atoms with E-state index in [0.29, 0.717) is 19.8 Å². The molecule has 0 N–H and O–H groups in total. The molecule has 1 aliphatic heterocycles. The Hall–Kier alpha value is -1.73. The molecule has 102 valence electrons. The maximum absolute atomic E-state index is 5.56. The van der Waals surface area contributed by atoms with Crippen molar-refractivity contribution in [1.82, 2.24) is 19.6 Å². The summed E-state index contributed by atoms with van der Waals surface area (Å²) in [6.45, 7) is 2.93. The van der Waals surface area contributed by atoms with Gasteiger partial charge < -0.3 is 14.4 Å². The zero-order valence-electron chi connectivity index (χ0n) is 10.9. The number of morpholine rings is 1. The number of nitrogens with zero attached hydrogens (tertiary/aromatic N) is 5. The molecule has 0 radical (unpaired) electrons. The van der Waals surface area contributed by atoms with Gasteiger partial charge in [0.1, 0.15) is 6.33 Å². The van der Waals surface area contributed by atoms with Crippen molar-refractivity contribution in [2.75, 3.05) is 38.4 Å². The fourth-order valence-electron chi connectivity index (χ4n) is 2.37. The van der Waals surface area contributed by atoms with Gasteiger partial charge in [0, 0.05) is 32.7 Å². The Morgan fingerprint density at radius 3 is 3.37 bits per heavy atom. The molecular weight excluding hydrogens is 246 g/mol. The van der Waals surface area contributed by atoms with Gasteiger partial charge in [0.2, 0.25) is 5.65 Å². The summed E-state index contributed by atoms with van der Waals surface area (Å²) in [6, 6.07) is 0.268. The molecule has 7 heteroatoms. The van der Waals surface area contributed by atoms with Gasteiger partial charge in [-0.1, -0.05) is 0 Å². The molecule has 2 aromatic rings. The van der Waals surface area contributed by atoms with Gasteiger partial charge in [0.15, 0.2) is 5.82 Å². The van der Waals surface area contributed by atoms with E-state index < -0.39 is 0 Å². The molecule has 3 heterocycles. The highest BCUT2D eigenvalue weighted by molar-refractivity contribution is 5.63. The van der Waals surface area contributed by atoms with Gasteiger partial charge in [-0.2, -0.15) is 0 Å². The van der Waals surface area contributed by atoms with Crippen LogP contribution in [-0.2, 0) is 9.47 Å². The third kappa shape index (κ3) is 2.39. The van der Waals surface area contributed by atoms with Crippen LogP contribution in [-0.4, -0.2) is 59.1 Å². The number of ether oxygens (including phenoxy) is 2. The molecule has 0 unspecified atom stereocenters. The maximum Gasteiger partial charge on any atom is 0.203 e. The second-order valence-electron chi connectivity index (χ2n) is 4.52. The van der Waals surface area contributed by atoms with E-state index >= 15 is 0 Å². The maximum atomic E-state index is 5.56. The lowest BCUT2D eigenvalue weighted by atomic mass is 10.1. The van der Waals surface area contributed by atoms with Crippen LogP contribution in [0, 0.1) is 0 Å². The number of methoxy groups -OCH3 is 1. The lowest BCUT2D eigenvalue weighted by Gasteiger charge is -2.36. The number of hydrogen-bond acceptors (Lipinski definition) is 6. The normalized spacial score (nSPS) is 20.1. The van der Waals surface area contributed by atoms with E-state index in [-0.39, 0.29) is 6.04 Å². The van der Waals surface area contributed by atoms with E-state index in [0.717, 1.165) is 24.4 Å². The molecule has 0 bridgehead atoms. The summed E-state index contributed by atoms with van der Waals surface area (Å²) in [7, 11) is 1.71. The van der Waals surface area contributed by atoms with Gasteiger partial charge in [-0.3, -0.25) is 4.40 Å². The molecule has 0 saturated carbocycles. The molecule has 1 atom stereocenters. The molecule has 0 amide bonds. The first-order valence-electron chi connectivity index (χ1n) is 6.38. The van der Waals surface area contributed by atoms with E-state index in [9.17, 15) is 0 Å². The van der Waals surface area contributed by atoms with Gasteiger partial charge in [-0.15, -0.1) is 10.2 Å².